The molecule has 0 aliphatic carbocycles. The van der Waals surface area contributed by atoms with Crippen molar-refractivity contribution < 1.29 is 8.95 Å². The van der Waals surface area contributed by atoms with Gasteiger partial charge in [-0.05, 0) is 19.4 Å². The van der Waals surface area contributed by atoms with Gasteiger partial charge in [0.1, 0.15) is 5.75 Å². The van der Waals surface area contributed by atoms with E-state index in [4.69, 9.17) is 10.5 Å². The molecule has 1 rings (SSSR count). The summed E-state index contributed by atoms with van der Waals surface area (Å²) in [5, 5.41) is 0. The Morgan fingerprint density at radius 1 is 1.44 bits per heavy atom. The lowest BCUT2D eigenvalue weighted by Crippen LogP contribution is -2.18. The zero-order chi connectivity index (χ0) is 12.0. The maximum absolute atomic E-state index is 11.8. The molecule has 2 unspecified atom stereocenters. The molecule has 0 spiro atoms. The predicted octanol–water partition coefficient (Wildman–Crippen LogP) is 1.68. The average molecular weight is 241 g/mol. The number of rotatable bonds is 6. The van der Waals surface area contributed by atoms with Gasteiger partial charge >= 0.3 is 0 Å². The molecule has 2 atom stereocenters. The van der Waals surface area contributed by atoms with Crippen LogP contribution in [0, 0.1) is 0 Å². The number of nitrogens with two attached hydrogens (primary N) is 1. The molecule has 0 aliphatic heterocycles. The van der Waals surface area contributed by atoms with E-state index in [1.165, 1.54) is 0 Å². The minimum atomic E-state index is -0.863. The Bertz CT molecular complexity index is 353. The van der Waals surface area contributed by atoms with Crippen LogP contribution in [0.25, 0.3) is 0 Å². The molecule has 0 radical (unpaired) electrons. The second kappa shape index (κ2) is 6.66. The van der Waals surface area contributed by atoms with Crippen LogP contribution in [0.4, 0.5) is 0 Å². The molecular weight excluding hydrogens is 222 g/mol. The molecule has 90 valence electrons. The van der Waals surface area contributed by atoms with Gasteiger partial charge in [-0.15, -0.1) is 0 Å². The van der Waals surface area contributed by atoms with Gasteiger partial charge in [0.15, 0.2) is 0 Å². The maximum Gasteiger partial charge on any atom is 0.122 e. The van der Waals surface area contributed by atoms with Crippen LogP contribution in [0.2, 0.25) is 0 Å². The lowest BCUT2D eigenvalue weighted by molar-refractivity contribution is 0.411. The zero-order valence-corrected chi connectivity index (χ0v) is 10.6. The van der Waals surface area contributed by atoms with Crippen LogP contribution in [-0.2, 0) is 16.6 Å². The monoisotopic (exact) mass is 241 g/mol. The van der Waals surface area contributed by atoms with Crippen molar-refractivity contribution in [3.8, 4) is 5.75 Å². The van der Waals surface area contributed by atoms with Crippen LogP contribution >= 0.6 is 0 Å². The smallest absolute Gasteiger partial charge is 0.122 e. The van der Waals surface area contributed by atoms with E-state index in [9.17, 15) is 4.21 Å². The summed E-state index contributed by atoms with van der Waals surface area (Å²) in [4.78, 5) is 0. The molecule has 0 saturated heterocycles. The van der Waals surface area contributed by atoms with Gasteiger partial charge in [-0.1, -0.05) is 18.2 Å². The van der Waals surface area contributed by atoms with E-state index < -0.39 is 10.8 Å². The number of hydrogen-bond donors (Lipinski definition) is 1. The minimum Gasteiger partial charge on any atom is -0.496 e. The van der Waals surface area contributed by atoms with Gasteiger partial charge < -0.3 is 10.5 Å². The summed E-state index contributed by atoms with van der Waals surface area (Å²) in [6.07, 6.45) is 0.793. The first-order valence-corrected chi connectivity index (χ1v) is 6.84. The van der Waals surface area contributed by atoms with Crippen LogP contribution in [0.15, 0.2) is 24.3 Å². The molecular formula is C12H19NO2S. The second-order valence-corrected chi connectivity index (χ2v) is 5.44. The predicted molar refractivity (Wildman–Crippen MR) is 68.0 cm³/mol. The zero-order valence-electron chi connectivity index (χ0n) is 9.81. The summed E-state index contributed by atoms with van der Waals surface area (Å²) in [6, 6.07) is 7.79. The fraction of sp³-hybridized carbons (Fsp3) is 0.500. The quantitative estimate of drug-likeness (QED) is 0.824. The van der Waals surface area contributed by atoms with E-state index >= 15 is 0 Å². The Hall–Kier alpha value is -0.870. The lowest BCUT2D eigenvalue weighted by Gasteiger charge is -2.08. The summed E-state index contributed by atoms with van der Waals surface area (Å²) < 4.78 is 17.0. The standard InChI is InChI=1S/C12H19NO2S/c1-10(13)7-8-16(14)9-11-5-3-4-6-12(11)15-2/h3-6,10H,7-9,13H2,1-2H3. The maximum atomic E-state index is 11.8. The van der Waals surface area contributed by atoms with Gasteiger partial charge in [0, 0.05) is 28.2 Å². The highest BCUT2D eigenvalue weighted by Gasteiger charge is 2.07. The average Bonchev–Trinajstić information content (AvgIpc) is 2.27. The number of para-hydroxylation sites is 1. The summed E-state index contributed by atoms with van der Waals surface area (Å²) in [7, 11) is 0.765. The van der Waals surface area contributed by atoms with Crippen molar-refractivity contribution in [1.29, 1.82) is 0 Å². The Balaban J connectivity index is 2.55. The molecule has 3 nitrogen and oxygen atoms in total. The fourth-order valence-electron chi connectivity index (χ4n) is 1.39. The highest BCUT2D eigenvalue weighted by Crippen LogP contribution is 2.19. The van der Waals surface area contributed by atoms with Crippen molar-refractivity contribution in [2.45, 2.75) is 25.1 Å². The second-order valence-electron chi connectivity index (χ2n) is 3.87. The first-order valence-electron chi connectivity index (χ1n) is 5.36. The summed E-state index contributed by atoms with van der Waals surface area (Å²) >= 11 is 0. The Morgan fingerprint density at radius 3 is 2.75 bits per heavy atom. The normalized spacial score (nSPS) is 14.4. The summed E-state index contributed by atoms with van der Waals surface area (Å²) in [6.45, 7) is 1.93. The molecule has 0 amide bonds. The van der Waals surface area contributed by atoms with Crippen molar-refractivity contribution >= 4 is 10.8 Å². The Kier molecular flexibility index (Phi) is 5.49. The molecule has 2 N–H and O–H groups in total. The molecule has 0 saturated carbocycles. The molecule has 16 heavy (non-hydrogen) atoms. The van der Waals surface area contributed by atoms with Crippen molar-refractivity contribution in [2.24, 2.45) is 5.73 Å². The summed E-state index contributed by atoms with van der Waals surface area (Å²) in [5.74, 6) is 1.99. The molecule has 1 aromatic carbocycles. The van der Waals surface area contributed by atoms with E-state index in [1.807, 2.05) is 31.2 Å². The molecule has 0 heterocycles. The lowest BCUT2D eigenvalue weighted by atomic mass is 10.2. The third-order valence-electron chi connectivity index (χ3n) is 2.31. The SMILES string of the molecule is COc1ccccc1CS(=O)CCC(C)N. The molecule has 1 aromatic rings. The number of benzene rings is 1. The number of hydrogen-bond acceptors (Lipinski definition) is 3. The Morgan fingerprint density at radius 2 is 2.12 bits per heavy atom. The van der Waals surface area contributed by atoms with Gasteiger partial charge in [0.2, 0.25) is 0 Å². The fourth-order valence-corrected chi connectivity index (χ4v) is 2.75. The summed E-state index contributed by atoms with van der Waals surface area (Å²) in [5.41, 5.74) is 6.62. The van der Waals surface area contributed by atoms with Crippen molar-refractivity contribution in [2.75, 3.05) is 12.9 Å². The van der Waals surface area contributed by atoms with Crippen LogP contribution in [-0.4, -0.2) is 23.1 Å². The van der Waals surface area contributed by atoms with Gasteiger partial charge in [-0.3, -0.25) is 4.21 Å². The van der Waals surface area contributed by atoms with E-state index in [1.54, 1.807) is 7.11 Å². The largest absolute Gasteiger partial charge is 0.496 e. The van der Waals surface area contributed by atoms with Crippen molar-refractivity contribution in [3.63, 3.8) is 0 Å². The minimum absolute atomic E-state index is 0.113. The van der Waals surface area contributed by atoms with Crippen molar-refractivity contribution in [3.05, 3.63) is 29.8 Å². The first-order chi connectivity index (χ1) is 7.63. The van der Waals surface area contributed by atoms with Crippen LogP contribution in [0.5, 0.6) is 5.75 Å². The van der Waals surface area contributed by atoms with Gasteiger partial charge in [0.25, 0.3) is 0 Å². The number of methoxy groups -OCH3 is 1. The van der Waals surface area contributed by atoms with Gasteiger partial charge in [0.05, 0.1) is 12.9 Å². The number of ether oxygens (including phenoxy) is 1. The van der Waals surface area contributed by atoms with E-state index in [0.717, 1.165) is 17.7 Å². The molecule has 0 aliphatic rings. The Labute approximate surface area is 99.4 Å². The first kappa shape index (κ1) is 13.2. The highest BCUT2D eigenvalue weighted by atomic mass is 32.2. The van der Waals surface area contributed by atoms with Crippen LogP contribution < -0.4 is 10.5 Å². The van der Waals surface area contributed by atoms with E-state index in [-0.39, 0.29) is 6.04 Å². The van der Waals surface area contributed by atoms with E-state index in [2.05, 4.69) is 0 Å². The highest BCUT2D eigenvalue weighted by molar-refractivity contribution is 7.84. The topological polar surface area (TPSA) is 52.3 Å². The molecule has 0 fully saturated rings. The molecule has 4 heteroatoms. The van der Waals surface area contributed by atoms with E-state index in [0.29, 0.717) is 11.5 Å². The van der Waals surface area contributed by atoms with Crippen LogP contribution in [0.3, 0.4) is 0 Å². The van der Waals surface area contributed by atoms with Gasteiger partial charge in [-0.2, -0.15) is 0 Å². The van der Waals surface area contributed by atoms with Crippen molar-refractivity contribution in [1.82, 2.24) is 0 Å². The van der Waals surface area contributed by atoms with Crippen LogP contribution in [0.1, 0.15) is 18.9 Å². The third-order valence-corrected chi connectivity index (χ3v) is 3.63. The molecule has 0 bridgehead atoms. The van der Waals surface area contributed by atoms with Gasteiger partial charge in [-0.25, -0.2) is 0 Å². The third kappa shape index (κ3) is 4.33. The molecule has 0 aromatic heterocycles.